The smallest absolute Gasteiger partial charge is 0.309 e. The van der Waals surface area contributed by atoms with Gasteiger partial charge in [0, 0.05) is 18.8 Å². The highest BCUT2D eigenvalue weighted by molar-refractivity contribution is 7.89. The Hall–Kier alpha value is -1.97. The van der Waals surface area contributed by atoms with Crippen molar-refractivity contribution in [1.29, 1.82) is 0 Å². The van der Waals surface area contributed by atoms with E-state index in [1.807, 2.05) is 0 Å². The first-order chi connectivity index (χ1) is 13.3. The van der Waals surface area contributed by atoms with E-state index in [0.29, 0.717) is 37.6 Å². The molecule has 2 aliphatic rings. The minimum absolute atomic E-state index is 0.111. The number of aryl methyl sites for hydroxylation is 1. The highest BCUT2D eigenvalue weighted by Gasteiger charge is 2.30. The molecule has 1 atom stereocenters. The number of benzene rings is 1. The Bertz CT molecular complexity index is 844. The highest BCUT2D eigenvalue weighted by Crippen LogP contribution is 2.28. The monoisotopic (exact) mass is 410 g/mol. The molecule has 1 aliphatic carbocycles. The van der Waals surface area contributed by atoms with E-state index in [1.54, 1.807) is 19.1 Å². The number of rotatable bonds is 6. The maximum atomic E-state index is 12.9. The molecule has 0 radical (unpaired) electrons. The Morgan fingerprint density at radius 2 is 1.93 bits per heavy atom. The van der Waals surface area contributed by atoms with E-state index in [0.717, 1.165) is 19.3 Å². The van der Waals surface area contributed by atoms with Crippen molar-refractivity contribution in [1.82, 2.24) is 4.31 Å². The molecule has 0 aromatic heterocycles. The summed E-state index contributed by atoms with van der Waals surface area (Å²) in [7, 11) is -3.68. The molecule has 1 heterocycles. The lowest BCUT2D eigenvalue weighted by atomic mass is 9.86. The second kappa shape index (κ2) is 8.59. The number of amides is 1. The maximum absolute atomic E-state index is 12.9. The first-order valence-corrected chi connectivity index (χ1v) is 10.9. The number of hydrogen-bond acceptors (Lipinski definition) is 6. The molecule has 1 aromatic rings. The Morgan fingerprint density at radius 3 is 2.54 bits per heavy atom. The van der Waals surface area contributed by atoms with Crippen LogP contribution in [0.3, 0.4) is 0 Å². The Morgan fingerprint density at radius 1 is 1.25 bits per heavy atom. The van der Waals surface area contributed by atoms with Crippen LogP contribution >= 0.6 is 0 Å². The number of morpholine rings is 1. The van der Waals surface area contributed by atoms with Crippen LogP contribution in [-0.2, 0) is 29.1 Å². The van der Waals surface area contributed by atoms with E-state index >= 15 is 0 Å². The molecule has 1 saturated heterocycles. The SMILES string of the molecule is Cc1ccc(NC(=O)[C@H](C)OC(=O)C2CCC2)cc1S(=O)(=O)N1CCOCC1. The summed E-state index contributed by atoms with van der Waals surface area (Å²) in [6, 6.07) is 4.72. The van der Waals surface area contributed by atoms with Crippen LogP contribution < -0.4 is 5.32 Å². The Kier molecular flexibility index (Phi) is 6.36. The molecule has 0 unspecified atom stereocenters. The number of carbonyl (C=O) groups is 2. The van der Waals surface area contributed by atoms with Crippen LogP contribution in [0.4, 0.5) is 5.69 Å². The lowest BCUT2D eigenvalue weighted by Crippen LogP contribution is -2.40. The molecule has 154 valence electrons. The number of nitrogens with zero attached hydrogens (tertiary/aromatic N) is 1. The van der Waals surface area contributed by atoms with Crippen molar-refractivity contribution in [3.05, 3.63) is 23.8 Å². The van der Waals surface area contributed by atoms with Gasteiger partial charge in [-0.1, -0.05) is 12.5 Å². The van der Waals surface area contributed by atoms with Gasteiger partial charge in [0.05, 0.1) is 24.0 Å². The molecule has 28 heavy (non-hydrogen) atoms. The largest absolute Gasteiger partial charge is 0.452 e. The molecule has 0 spiro atoms. The minimum atomic E-state index is -3.68. The van der Waals surface area contributed by atoms with Crippen LogP contribution in [0.15, 0.2) is 23.1 Å². The van der Waals surface area contributed by atoms with Gasteiger partial charge in [0.1, 0.15) is 0 Å². The third kappa shape index (κ3) is 4.53. The van der Waals surface area contributed by atoms with Gasteiger partial charge < -0.3 is 14.8 Å². The second-order valence-corrected chi connectivity index (χ2v) is 9.10. The van der Waals surface area contributed by atoms with Crippen molar-refractivity contribution < 1.29 is 27.5 Å². The Labute approximate surface area is 165 Å². The molecule has 8 nitrogen and oxygen atoms in total. The van der Waals surface area contributed by atoms with Crippen molar-refractivity contribution in [2.75, 3.05) is 31.6 Å². The molecular weight excluding hydrogens is 384 g/mol. The van der Waals surface area contributed by atoms with Crippen LogP contribution in [0, 0.1) is 12.8 Å². The van der Waals surface area contributed by atoms with Gasteiger partial charge in [-0.15, -0.1) is 0 Å². The quantitative estimate of drug-likeness (QED) is 0.716. The molecule has 9 heteroatoms. The van der Waals surface area contributed by atoms with Crippen molar-refractivity contribution in [2.45, 2.75) is 44.1 Å². The fourth-order valence-corrected chi connectivity index (χ4v) is 4.75. The molecule has 1 saturated carbocycles. The first-order valence-electron chi connectivity index (χ1n) is 9.49. The van der Waals surface area contributed by atoms with Gasteiger partial charge in [0.25, 0.3) is 5.91 Å². The van der Waals surface area contributed by atoms with E-state index in [9.17, 15) is 18.0 Å². The molecule has 2 fully saturated rings. The average molecular weight is 410 g/mol. The van der Waals surface area contributed by atoms with Crippen LogP contribution in [0.5, 0.6) is 0 Å². The fourth-order valence-electron chi connectivity index (χ4n) is 3.09. The summed E-state index contributed by atoms with van der Waals surface area (Å²) in [6.45, 7) is 4.53. The number of hydrogen-bond donors (Lipinski definition) is 1. The number of sulfonamides is 1. The molecular formula is C19H26N2O6S. The van der Waals surface area contributed by atoms with Crippen LogP contribution in [0.25, 0.3) is 0 Å². The summed E-state index contributed by atoms with van der Waals surface area (Å²) in [5, 5.41) is 2.64. The van der Waals surface area contributed by atoms with E-state index in [4.69, 9.17) is 9.47 Å². The van der Waals surface area contributed by atoms with Crippen LogP contribution in [0.2, 0.25) is 0 Å². The van der Waals surface area contributed by atoms with E-state index in [2.05, 4.69) is 5.32 Å². The van der Waals surface area contributed by atoms with E-state index in [1.165, 1.54) is 17.3 Å². The van der Waals surface area contributed by atoms with Crippen molar-refractivity contribution in [3.63, 3.8) is 0 Å². The van der Waals surface area contributed by atoms with Crippen LogP contribution in [0.1, 0.15) is 31.7 Å². The van der Waals surface area contributed by atoms with Gasteiger partial charge in [-0.2, -0.15) is 4.31 Å². The zero-order valence-electron chi connectivity index (χ0n) is 16.1. The third-order valence-corrected chi connectivity index (χ3v) is 7.18. The predicted molar refractivity (Wildman–Crippen MR) is 102 cm³/mol. The number of esters is 1. The van der Waals surface area contributed by atoms with Gasteiger partial charge in [0.15, 0.2) is 6.10 Å². The lowest BCUT2D eigenvalue weighted by molar-refractivity contribution is -0.159. The van der Waals surface area contributed by atoms with Crippen LogP contribution in [-0.4, -0.2) is 57.0 Å². The molecule has 1 amide bonds. The summed E-state index contributed by atoms with van der Waals surface area (Å²) in [5.74, 6) is -0.959. The maximum Gasteiger partial charge on any atom is 0.309 e. The van der Waals surface area contributed by atoms with Crippen molar-refractivity contribution in [3.8, 4) is 0 Å². The van der Waals surface area contributed by atoms with Gasteiger partial charge >= 0.3 is 5.97 Å². The summed E-state index contributed by atoms with van der Waals surface area (Å²) in [5.41, 5.74) is 0.933. The third-order valence-electron chi connectivity index (χ3n) is 5.14. The van der Waals surface area contributed by atoms with Crippen molar-refractivity contribution in [2.24, 2.45) is 5.92 Å². The van der Waals surface area contributed by atoms with Gasteiger partial charge in [-0.25, -0.2) is 8.42 Å². The van der Waals surface area contributed by atoms with Gasteiger partial charge in [-0.3, -0.25) is 9.59 Å². The molecule has 0 bridgehead atoms. The molecule has 1 N–H and O–H groups in total. The lowest BCUT2D eigenvalue weighted by Gasteiger charge is -2.27. The number of carbonyl (C=O) groups excluding carboxylic acids is 2. The second-order valence-electron chi connectivity index (χ2n) is 7.19. The predicted octanol–water partition coefficient (Wildman–Crippen LogP) is 1.69. The number of nitrogens with one attached hydrogen (secondary N) is 1. The topological polar surface area (TPSA) is 102 Å². The van der Waals surface area contributed by atoms with E-state index in [-0.39, 0.29) is 16.8 Å². The standard InChI is InChI=1S/C19H26N2O6S/c1-13-6-7-16(12-17(13)28(24,25)21-8-10-26-11-9-21)20-18(22)14(2)27-19(23)15-4-3-5-15/h6-7,12,14-15H,3-5,8-11H2,1-2H3,(H,20,22)/t14-/m0/s1. The Balaban J connectivity index is 1.70. The average Bonchev–Trinajstić information content (AvgIpc) is 2.62. The highest BCUT2D eigenvalue weighted by atomic mass is 32.2. The van der Waals surface area contributed by atoms with Crippen molar-refractivity contribution >= 4 is 27.6 Å². The normalized spacial score (nSPS) is 19.5. The molecule has 3 rings (SSSR count). The molecule has 1 aromatic carbocycles. The summed E-state index contributed by atoms with van der Waals surface area (Å²) < 4.78 is 37.7. The minimum Gasteiger partial charge on any atom is -0.452 e. The van der Waals surface area contributed by atoms with Gasteiger partial charge in [0.2, 0.25) is 10.0 Å². The summed E-state index contributed by atoms with van der Waals surface area (Å²) in [6.07, 6.45) is 1.65. The summed E-state index contributed by atoms with van der Waals surface area (Å²) >= 11 is 0. The molecule has 1 aliphatic heterocycles. The van der Waals surface area contributed by atoms with Gasteiger partial charge in [-0.05, 0) is 44.4 Å². The zero-order valence-corrected chi connectivity index (χ0v) is 17.0. The summed E-state index contributed by atoms with van der Waals surface area (Å²) in [4.78, 5) is 24.4. The fraction of sp³-hybridized carbons (Fsp3) is 0.579. The first kappa shape index (κ1) is 20.8. The zero-order chi connectivity index (χ0) is 20.3. The number of ether oxygens (including phenoxy) is 2. The number of anilines is 1. The van der Waals surface area contributed by atoms with E-state index < -0.39 is 22.0 Å².